The van der Waals surface area contributed by atoms with Crippen molar-refractivity contribution < 1.29 is 24.3 Å². The Morgan fingerprint density at radius 3 is 2.21 bits per heavy atom. The van der Waals surface area contributed by atoms with Gasteiger partial charge in [-0.05, 0) is 36.8 Å². The molecule has 4 aromatic rings. The Hall–Kier alpha value is -4.63. The minimum Gasteiger partial charge on any atom is -0.469 e. The van der Waals surface area contributed by atoms with E-state index in [2.05, 4.69) is 5.32 Å². The molecule has 1 aliphatic heterocycles. The summed E-state index contributed by atoms with van der Waals surface area (Å²) in [7, 11) is 1.29. The molecule has 4 amide bonds. The molecule has 1 fully saturated rings. The lowest BCUT2D eigenvalue weighted by Crippen LogP contribution is -2.58. The van der Waals surface area contributed by atoms with Crippen molar-refractivity contribution >= 4 is 51.0 Å². The first kappa shape index (κ1) is 26.0. The Morgan fingerprint density at radius 2 is 1.51 bits per heavy atom. The van der Waals surface area contributed by atoms with Gasteiger partial charge in [0.25, 0.3) is 0 Å². The number of hydroxylamine groups is 2. The first-order valence-electron chi connectivity index (χ1n) is 12.7. The molecule has 0 radical (unpaired) electrons. The minimum atomic E-state index is -1.12. The van der Waals surface area contributed by atoms with E-state index in [1.165, 1.54) is 16.9 Å². The lowest BCUT2D eigenvalue weighted by atomic mass is 9.99. The predicted octanol–water partition coefficient (Wildman–Crippen LogP) is 5.83. The minimum absolute atomic E-state index is 0.0323. The van der Waals surface area contributed by atoms with Crippen LogP contribution in [0.3, 0.4) is 0 Å². The van der Waals surface area contributed by atoms with Gasteiger partial charge in [0.15, 0.2) is 6.17 Å². The summed E-state index contributed by atoms with van der Waals surface area (Å²) < 4.78 is 4.78. The lowest BCUT2D eigenvalue weighted by Gasteiger charge is -2.38. The van der Waals surface area contributed by atoms with Crippen molar-refractivity contribution in [2.24, 2.45) is 0 Å². The van der Waals surface area contributed by atoms with Gasteiger partial charge >= 0.3 is 18.0 Å². The number of rotatable bonds is 6. The summed E-state index contributed by atoms with van der Waals surface area (Å²) in [5.74, 6) is -0.465. The number of ether oxygens (including phenoxy) is 1. The second-order valence-electron chi connectivity index (χ2n) is 9.96. The molecule has 1 saturated heterocycles. The zero-order chi connectivity index (χ0) is 27.7. The monoisotopic (exact) mass is 526 g/mol. The second-order valence-corrected chi connectivity index (χ2v) is 9.96. The van der Waals surface area contributed by atoms with Crippen molar-refractivity contribution in [2.45, 2.75) is 32.0 Å². The Balaban J connectivity index is 1.56. The maximum Gasteiger partial charge on any atom is 0.347 e. The van der Waals surface area contributed by atoms with Crippen LogP contribution in [0, 0.1) is 0 Å². The molecule has 0 aromatic heterocycles. The highest BCUT2D eigenvalue weighted by Gasteiger charge is 2.56. The molecule has 9 nitrogen and oxygen atoms in total. The van der Waals surface area contributed by atoms with E-state index in [1.54, 1.807) is 26.0 Å². The van der Waals surface area contributed by atoms with Crippen LogP contribution in [0.1, 0.15) is 20.3 Å². The van der Waals surface area contributed by atoms with E-state index in [1.807, 2.05) is 72.8 Å². The predicted molar refractivity (Wildman–Crippen MR) is 150 cm³/mol. The first-order chi connectivity index (χ1) is 18.7. The summed E-state index contributed by atoms with van der Waals surface area (Å²) in [6.07, 6.45) is -1.15. The number of nitrogens with zero attached hydrogens (tertiary/aromatic N) is 3. The van der Waals surface area contributed by atoms with Crippen LogP contribution in [0.4, 0.5) is 21.0 Å². The SMILES string of the molecule is COC(=O)CCN1C(=O)N(c2cccc3ccccc23)[C@H](N(O)C(=O)Nc2cccc3ccccc23)C1(C)C. The molecule has 0 saturated carbocycles. The molecule has 0 aliphatic carbocycles. The highest BCUT2D eigenvalue weighted by molar-refractivity contribution is 6.07. The second kappa shape index (κ2) is 10.3. The average molecular weight is 527 g/mol. The normalized spacial score (nSPS) is 16.5. The van der Waals surface area contributed by atoms with Crippen LogP contribution in [0.2, 0.25) is 0 Å². The fraction of sp³-hybridized carbons (Fsp3) is 0.233. The Labute approximate surface area is 226 Å². The van der Waals surface area contributed by atoms with E-state index in [-0.39, 0.29) is 13.0 Å². The quantitative estimate of drug-likeness (QED) is 0.187. The maximum atomic E-state index is 14.0. The van der Waals surface area contributed by atoms with Crippen molar-refractivity contribution in [2.75, 3.05) is 23.9 Å². The Morgan fingerprint density at radius 1 is 0.923 bits per heavy atom. The first-order valence-corrected chi connectivity index (χ1v) is 12.7. The summed E-state index contributed by atoms with van der Waals surface area (Å²) in [6.45, 7) is 3.56. The molecule has 200 valence electrons. The summed E-state index contributed by atoms with van der Waals surface area (Å²) in [4.78, 5) is 42.4. The molecule has 0 unspecified atom stereocenters. The molecule has 1 aliphatic rings. The zero-order valence-electron chi connectivity index (χ0n) is 22.0. The van der Waals surface area contributed by atoms with E-state index in [9.17, 15) is 19.6 Å². The van der Waals surface area contributed by atoms with Crippen molar-refractivity contribution in [3.8, 4) is 0 Å². The van der Waals surface area contributed by atoms with Crippen LogP contribution in [0.15, 0.2) is 84.9 Å². The van der Waals surface area contributed by atoms with Gasteiger partial charge in [-0.25, -0.2) is 9.59 Å². The van der Waals surface area contributed by atoms with Gasteiger partial charge < -0.3 is 15.0 Å². The molecular weight excluding hydrogens is 496 g/mol. The van der Waals surface area contributed by atoms with Crippen LogP contribution in [0.5, 0.6) is 0 Å². The van der Waals surface area contributed by atoms with Gasteiger partial charge in [-0.15, -0.1) is 0 Å². The molecule has 9 heteroatoms. The van der Waals surface area contributed by atoms with Crippen molar-refractivity contribution in [3.63, 3.8) is 0 Å². The molecule has 1 atom stereocenters. The number of carbonyl (C=O) groups is 3. The third-order valence-corrected chi connectivity index (χ3v) is 7.27. The molecule has 39 heavy (non-hydrogen) atoms. The number of esters is 1. The molecule has 1 heterocycles. The average Bonchev–Trinajstić information content (AvgIpc) is 3.14. The van der Waals surface area contributed by atoms with Crippen LogP contribution >= 0.6 is 0 Å². The van der Waals surface area contributed by atoms with E-state index in [0.717, 1.165) is 21.5 Å². The zero-order valence-corrected chi connectivity index (χ0v) is 22.0. The lowest BCUT2D eigenvalue weighted by molar-refractivity contribution is -0.141. The Bertz CT molecular complexity index is 1560. The summed E-state index contributed by atoms with van der Waals surface area (Å²) >= 11 is 0. The molecule has 5 rings (SSSR count). The molecule has 2 N–H and O–H groups in total. The fourth-order valence-electron chi connectivity index (χ4n) is 5.31. The standard InChI is InChI=1S/C30H30N4O5/c1-30(2)27(34(38)28(36)31-24-16-8-12-20-10-4-6-14-22(20)24)33(29(37)32(30)19-18-26(35)39-3)25-17-9-13-21-11-5-7-15-23(21)25/h4-17,27,38H,18-19H2,1-3H3,(H,31,36)/t27-/m1/s1. The number of amides is 4. The molecule has 0 bridgehead atoms. The smallest absolute Gasteiger partial charge is 0.347 e. The van der Waals surface area contributed by atoms with E-state index in [4.69, 9.17) is 4.74 Å². The van der Waals surface area contributed by atoms with Crippen molar-refractivity contribution in [3.05, 3.63) is 84.9 Å². The van der Waals surface area contributed by atoms with Crippen LogP contribution in [-0.2, 0) is 9.53 Å². The fourth-order valence-corrected chi connectivity index (χ4v) is 5.31. The highest BCUT2D eigenvalue weighted by Crippen LogP contribution is 2.40. The number of benzene rings is 4. The maximum absolute atomic E-state index is 14.0. The van der Waals surface area contributed by atoms with E-state index < -0.39 is 29.7 Å². The van der Waals surface area contributed by atoms with Crippen molar-refractivity contribution in [1.29, 1.82) is 0 Å². The largest absolute Gasteiger partial charge is 0.469 e. The van der Waals surface area contributed by atoms with Gasteiger partial charge in [0.2, 0.25) is 0 Å². The topological polar surface area (TPSA) is 102 Å². The van der Waals surface area contributed by atoms with Gasteiger partial charge in [0, 0.05) is 17.3 Å². The van der Waals surface area contributed by atoms with Gasteiger partial charge in [-0.3, -0.25) is 14.9 Å². The van der Waals surface area contributed by atoms with Crippen molar-refractivity contribution in [1.82, 2.24) is 9.96 Å². The van der Waals surface area contributed by atoms with Gasteiger partial charge in [0.05, 0.1) is 30.4 Å². The molecule has 4 aromatic carbocycles. The Kier molecular flexibility index (Phi) is 6.84. The van der Waals surface area contributed by atoms with Gasteiger partial charge in [0.1, 0.15) is 0 Å². The highest BCUT2D eigenvalue weighted by atomic mass is 16.5. The number of methoxy groups -OCH3 is 1. The third kappa shape index (κ3) is 4.61. The van der Waals surface area contributed by atoms with E-state index in [0.29, 0.717) is 16.4 Å². The third-order valence-electron chi connectivity index (χ3n) is 7.27. The summed E-state index contributed by atoms with van der Waals surface area (Å²) in [6, 6.07) is 25.0. The van der Waals surface area contributed by atoms with Gasteiger partial charge in [-0.1, -0.05) is 72.8 Å². The van der Waals surface area contributed by atoms with Crippen LogP contribution in [0.25, 0.3) is 21.5 Å². The van der Waals surface area contributed by atoms with Crippen LogP contribution < -0.4 is 10.2 Å². The summed E-state index contributed by atoms with van der Waals surface area (Å²) in [5.41, 5.74) is -0.0281. The van der Waals surface area contributed by atoms with Gasteiger partial charge in [-0.2, -0.15) is 5.06 Å². The van der Waals surface area contributed by atoms with E-state index >= 15 is 0 Å². The number of anilines is 2. The number of hydrogen-bond acceptors (Lipinski definition) is 5. The summed E-state index contributed by atoms with van der Waals surface area (Å²) in [5, 5.41) is 18.3. The molecule has 0 spiro atoms. The number of carbonyl (C=O) groups excluding carboxylic acids is 3. The van der Waals surface area contributed by atoms with Crippen LogP contribution in [-0.4, -0.2) is 58.6 Å². The number of nitrogens with one attached hydrogen (secondary N) is 1. The number of hydrogen-bond donors (Lipinski definition) is 2. The number of urea groups is 2. The molecular formula is C30H30N4O5. The number of fused-ring (bicyclic) bond motifs is 2.